The van der Waals surface area contributed by atoms with Crippen LogP contribution in [0, 0.1) is 17.0 Å². The zero-order valence-electron chi connectivity index (χ0n) is 11.7. The van der Waals surface area contributed by atoms with Gasteiger partial charge in [0.1, 0.15) is 0 Å². The molecule has 0 aliphatic heterocycles. The second-order valence-electron chi connectivity index (χ2n) is 5.21. The van der Waals surface area contributed by atoms with Gasteiger partial charge in [0.05, 0.1) is 21.5 Å². The van der Waals surface area contributed by atoms with E-state index < -0.39 is 26.6 Å². The smallest absolute Gasteiger partial charge is 0.270 e. The van der Waals surface area contributed by atoms with Gasteiger partial charge in [-0.05, 0) is 33.3 Å². The number of nitrogens with zero attached hydrogens (tertiary/aromatic N) is 1. The molecule has 0 aliphatic carbocycles. The molecule has 0 spiro atoms. The van der Waals surface area contributed by atoms with Crippen molar-refractivity contribution in [1.29, 1.82) is 0 Å². The molecule has 112 valence electrons. The molecule has 20 heavy (non-hydrogen) atoms. The van der Waals surface area contributed by atoms with Gasteiger partial charge >= 0.3 is 0 Å². The zero-order chi connectivity index (χ0) is 15.7. The van der Waals surface area contributed by atoms with Crippen molar-refractivity contribution < 1.29 is 18.4 Å². The van der Waals surface area contributed by atoms with Gasteiger partial charge in [0, 0.05) is 12.1 Å². The predicted octanol–water partition coefficient (Wildman–Crippen LogP) is 1.34. The van der Waals surface area contributed by atoms with Crippen LogP contribution in [0.4, 0.5) is 5.69 Å². The first-order chi connectivity index (χ1) is 8.97. The van der Waals surface area contributed by atoms with E-state index in [1.165, 1.54) is 32.9 Å². The second kappa shape index (κ2) is 5.47. The van der Waals surface area contributed by atoms with Crippen molar-refractivity contribution in [3.63, 3.8) is 0 Å². The van der Waals surface area contributed by atoms with Crippen LogP contribution in [0.15, 0.2) is 23.1 Å². The Morgan fingerprint density at radius 1 is 1.40 bits per heavy atom. The van der Waals surface area contributed by atoms with Gasteiger partial charge < -0.3 is 5.11 Å². The lowest BCUT2D eigenvalue weighted by Crippen LogP contribution is -2.50. The predicted molar refractivity (Wildman–Crippen MR) is 73.9 cm³/mol. The molecule has 1 aromatic rings. The highest BCUT2D eigenvalue weighted by Gasteiger charge is 2.31. The summed E-state index contributed by atoms with van der Waals surface area (Å²) in [7, 11) is -3.96. The fraction of sp³-hybridized carbons (Fsp3) is 0.500. The summed E-state index contributed by atoms with van der Waals surface area (Å²) in [4.78, 5) is 9.91. The fourth-order valence-electron chi connectivity index (χ4n) is 1.48. The summed E-state index contributed by atoms with van der Waals surface area (Å²) in [6.45, 7) is 6.07. The standard InChI is InChI=1S/C12H18N2O5S/c1-8-5-6-10(14(16)17)7-11(8)20(18,19)13-12(3,4)9(2)15/h5-7,9,13,15H,1-4H3. The van der Waals surface area contributed by atoms with Crippen LogP contribution in [0.3, 0.4) is 0 Å². The number of benzene rings is 1. The molecular formula is C12H18N2O5S. The highest BCUT2D eigenvalue weighted by Crippen LogP contribution is 2.23. The molecule has 7 nitrogen and oxygen atoms in total. The Bertz CT molecular complexity index is 623. The third-order valence-electron chi connectivity index (χ3n) is 3.11. The molecule has 2 N–H and O–H groups in total. The molecule has 1 unspecified atom stereocenters. The van der Waals surface area contributed by atoms with Crippen molar-refractivity contribution in [3.8, 4) is 0 Å². The van der Waals surface area contributed by atoms with Crippen LogP contribution < -0.4 is 4.72 Å². The molecule has 0 saturated heterocycles. The molecule has 0 aromatic heterocycles. The number of aliphatic hydroxyl groups is 1. The van der Waals surface area contributed by atoms with E-state index in [-0.39, 0.29) is 10.6 Å². The maximum absolute atomic E-state index is 12.3. The van der Waals surface area contributed by atoms with E-state index in [0.29, 0.717) is 5.56 Å². The molecule has 0 bridgehead atoms. The van der Waals surface area contributed by atoms with Gasteiger partial charge in [0.2, 0.25) is 10.0 Å². The maximum atomic E-state index is 12.3. The monoisotopic (exact) mass is 302 g/mol. The third kappa shape index (κ3) is 3.53. The first-order valence-corrected chi connectivity index (χ1v) is 7.43. The number of aliphatic hydroxyl groups excluding tert-OH is 1. The summed E-state index contributed by atoms with van der Waals surface area (Å²) in [6.07, 6.45) is -0.920. The molecule has 0 aliphatic rings. The Balaban J connectivity index is 3.29. The SMILES string of the molecule is Cc1ccc([N+](=O)[O-])cc1S(=O)(=O)NC(C)(C)C(C)O. The minimum atomic E-state index is -3.96. The quantitative estimate of drug-likeness (QED) is 0.630. The number of hydrogen-bond acceptors (Lipinski definition) is 5. The summed E-state index contributed by atoms with van der Waals surface area (Å²) in [5.74, 6) is 0. The number of aryl methyl sites for hydroxylation is 1. The number of nitro benzene ring substituents is 1. The molecule has 1 aromatic carbocycles. The fourth-order valence-corrected chi connectivity index (χ4v) is 3.22. The van der Waals surface area contributed by atoms with Crippen molar-refractivity contribution >= 4 is 15.7 Å². The lowest BCUT2D eigenvalue weighted by molar-refractivity contribution is -0.385. The van der Waals surface area contributed by atoms with Crippen molar-refractivity contribution in [2.24, 2.45) is 0 Å². The molecule has 0 saturated carbocycles. The largest absolute Gasteiger partial charge is 0.391 e. The Morgan fingerprint density at radius 2 is 1.95 bits per heavy atom. The highest BCUT2D eigenvalue weighted by atomic mass is 32.2. The van der Waals surface area contributed by atoms with E-state index in [1.807, 2.05) is 0 Å². The number of non-ortho nitro benzene ring substituents is 1. The molecule has 0 amide bonds. The van der Waals surface area contributed by atoms with Crippen LogP contribution in [0.2, 0.25) is 0 Å². The number of hydrogen-bond donors (Lipinski definition) is 2. The molecular weight excluding hydrogens is 284 g/mol. The zero-order valence-corrected chi connectivity index (χ0v) is 12.6. The summed E-state index contributed by atoms with van der Waals surface area (Å²) >= 11 is 0. The van der Waals surface area contributed by atoms with Gasteiger partial charge in [-0.25, -0.2) is 13.1 Å². The molecule has 1 rings (SSSR count). The van der Waals surface area contributed by atoms with Crippen LogP contribution in [0.1, 0.15) is 26.3 Å². The molecule has 1 atom stereocenters. The van der Waals surface area contributed by atoms with E-state index in [1.54, 1.807) is 6.92 Å². The second-order valence-corrected chi connectivity index (χ2v) is 6.86. The van der Waals surface area contributed by atoms with Gasteiger partial charge in [-0.2, -0.15) is 0 Å². The van der Waals surface area contributed by atoms with Gasteiger partial charge in [0.15, 0.2) is 0 Å². The van der Waals surface area contributed by atoms with Crippen molar-refractivity contribution in [3.05, 3.63) is 33.9 Å². The number of rotatable bonds is 5. The van der Waals surface area contributed by atoms with Crippen LogP contribution in [-0.4, -0.2) is 30.1 Å². The molecule has 0 fully saturated rings. The third-order valence-corrected chi connectivity index (χ3v) is 4.93. The van der Waals surface area contributed by atoms with Gasteiger partial charge in [-0.15, -0.1) is 0 Å². The topological polar surface area (TPSA) is 110 Å². The van der Waals surface area contributed by atoms with Crippen LogP contribution in [-0.2, 0) is 10.0 Å². The highest BCUT2D eigenvalue weighted by molar-refractivity contribution is 7.89. The maximum Gasteiger partial charge on any atom is 0.270 e. The Kier molecular flexibility index (Phi) is 4.52. The minimum Gasteiger partial charge on any atom is -0.391 e. The first-order valence-electron chi connectivity index (χ1n) is 5.94. The number of sulfonamides is 1. The van der Waals surface area contributed by atoms with Crippen LogP contribution in [0.5, 0.6) is 0 Å². The van der Waals surface area contributed by atoms with Gasteiger partial charge in [-0.1, -0.05) is 6.07 Å². The number of nitro groups is 1. The summed E-state index contributed by atoms with van der Waals surface area (Å²) < 4.78 is 27.0. The lowest BCUT2D eigenvalue weighted by Gasteiger charge is -2.29. The molecule has 0 heterocycles. The Morgan fingerprint density at radius 3 is 2.40 bits per heavy atom. The van der Waals surface area contributed by atoms with Crippen LogP contribution in [0.25, 0.3) is 0 Å². The van der Waals surface area contributed by atoms with Crippen molar-refractivity contribution in [1.82, 2.24) is 4.72 Å². The van der Waals surface area contributed by atoms with Gasteiger partial charge in [-0.3, -0.25) is 10.1 Å². The van der Waals surface area contributed by atoms with Crippen molar-refractivity contribution in [2.75, 3.05) is 0 Å². The van der Waals surface area contributed by atoms with E-state index >= 15 is 0 Å². The van der Waals surface area contributed by atoms with E-state index in [0.717, 1.165) is 6.07 Å². The van der Waals surface area contributed by atoms with E-state index in [2.05, 4.69) is 4.72 Å². The first kappa shape index (κ1) is 16.5. The molecule has 8 heteroatoms. The average Bonchev–Trinajstić information content (AvgIpc) is 2.27. The van der Waals surface area contributed by atoms with Crippen LogP contribution >= 0.6 is 0 Å². The summed E-state index contributed by atoms with van der Waals surface area (Å²) in [5, 5.41) is 20.3. The number of nitrogens with one attached hydrogen (secondary N) is 1. The lowest BCUT2D eigenvalue weighted by atomic mass is 10.0. The summed E-state index contributed by atoms with van der Waals surface area (Å²) in [6, 6.07) is 3.63. The Labute approximate surface area is 117 Å². The van der Waals surface area contributed by atoms with Gasteiger partial charge in [0.25, 0.3) is 5.69 Å². The van der Waals surface area contributed by atoms with E-state index in [9.17, 15) is 23.6 Å². The summed E-state index contributed by atoms with van der Waals surface area (Å²) in [5.41, 5.74) is -0.995. The Hall–Kier alpha value is -1.51. The normalized spacial score (nSPS) is 14.1. The van der Waals surface area contributed by atoms with E-state index in [4.69, 9.17) is 0 Å². The average molecular weight is 302 g/mol. The van der Waals surface area contributed by atoms with Crippen molar-refractivity contribution in [2.45, 2.75) is 44.2 Å². The molecule has 0 radical (unpaired) electrons. The minimum absolute atomic E-state index is 0.166.